The topological polar surface area (TPSA) is 67.4 Å². The van der Waals surface area contributed by atoms with Gasteiger partial charge in [-0.05, 0) is 44.5 Å². The van der Waals surface area contributed by atoms with Gasteiger partial charge in [-0.1, -0.05) is 0 Å². The van der Waals surface area contributed by atoms with Gasteiger partial charge < -0.3 is 4.74 Å². The molecular formula is C14H16Cl2N2O3. The van der Waals surface area contributed by atoms with Crippen molar-refractivity contribution in [2.24, 2.45) is 5.41 Å². The smallest absolute Gasteiger partial charge is 0.269 e. The van der Waals surface area contributed by atoms with Crippen LogP contribution in [0.15, 0.2) is 24.3 Å². The zero-order chi connectivity index (χ0) is 15.7. The van der Waals surface area contributed by atoms with Gasteiger partial charge >= 0.3 is 0 Å². The number of ether oxygens (including phenoxy) is 1. The van der Waals surface area contributed by atoms with Crippen LogP contribution in [0.2, 0.25) is 0 Å². The van der Waals surface area contributed by atoms with Gasteiger partial charge in [0, 0.05) is 5.56 Å². The fraction of sp³-hybridized carbons (Fsp3) is 0.429. The predicted octanol–water partition coefficient (Wildman–Crippen LogP) is 2.43. The van der Waals surface area contributed by atoms with Crippen LogP contribution < -0.4 is 15.6 Å². The van der Waals surface area contributed by atoms with Crippen molar-refractivity contribution in [3.8, 4) is 5.75 Å². The molecule has 1 unspecified atom stereocenters. The number of benzene rings is 1. The Labute approximate surface area is 132 Å². The lowest BCUT2D eigenvalue weighted by Crippen LogP contribution is -2.45. The van der Waals surface area contributed by atoms with Crippen LogP contribution in [0.1, 0.15) is 30.6 Å². The number of hydrazine groups is 1. The molecule has 1 saturated carbocycles. The summed E-state index contributed by atoms with van der Waals surface area (Å²) in [5, 5.41) is 0. The molecule has 0 heterocycles. The van der Waals surface area contributed by atoms with Gasteiger partial charge in [-0.3, -0.25) is 20.4 Å². The van der Waals surface area contributed by atoms with E-state index in [1.165, 1.54) is 0 Å². The van der Waals surface area contributed by atoms with E-state index < -0.39 is 21.6 Å². The fourth-order valence-corrected chi connectivity index (χ4v) is 2.55. The number of hydrogen-bond acceptors (Lipinski definition) is 3. The summed E-state index contributed by atoms with van der Waals surface area (Å²) in [7, 11) is 0. The SMILES string of the molecule is CCOc1ccc(C(=O)NNC(=O)C2(C)CC2(Cl)Cl)cc1. The number of halogens is 2. The average Bonchev–Trinajstić information content (AvgIpc) is 2.97. The quantitative estimate of drug-likeness (QED) is 0.658. The number of rotatable bonds is 4. The summed E-state index contributed by atoms with van der Waals surface area (Å²) in [6.07, 6.45) is 0.355. The highest BCUT2D eigenvalue weighted by molar-refractivity contribution is 6.53. The molecule has 1 fully saturated rings. The normalized spacial score (nSPS) is 22.3. The van der Waals surface area contributed by atoms with Crippen molar-refractivity contribution >= 4 is 35.0 Å². The third-order valence-corrected chi connectivity index (χ3v) is 4.58. The molecule has 2 amide bonds. The van der Waals surface area contributed by atoms with E-state index in [9.17, 15) is 9.59 Å². The van der Waals surface area contributed by atoms with E-state index >= 15 is 0 Å². The molecule has 2 N–H and O–H groups in total. The molecule has 0 radical (unpaired) electrons. The first-order valence-electron chi connectivity index (χ1n) is 6.51. The summed E-state index contributed by atoms with van der Waals surface area (Å²) in [5.41, 5.74) is 4.21. The Kier molecular flexibility index (Phi) is 4.35. The standard InChI is InChI=1S/C14H16Cl2N2O3/c1-3-21-10-6-4-9(5-7-10)11(19)17-18-12(20)13(2)8-14(13,15)16/h4-7H,3,8H2,1-2H3,(H,17,19)(H,18,20). The lowest BCUT2D eigenvalue weighted by atomic mass is 10.1. The predicted molar refractivity (Wildman–Crippen MR) is 80.4 cm³/mol. The van der Waals surface area contributed by atoms with Gasteiger partial charge in [0.25, 0.3) is 5.91 Å². The minimum absolute atomic E-state index is 0.355. The van der Waals surface area contributed by atoms with Crippen LogP contribution in [-0.4, -0.2) is 22.8 Å². The van der Waals surface area contributed by atoms with Crippen LogP contribution in [0.3, 0.4) is 0 Å². The number of hydrogen-bond donors (Lipinski definition) is 2. The molecule has 114 valence electrons. The van der Waals surface area contributed by atoms with E-state index in [-0.39, 0.29) is 0 Å². The molecule has 0 saturated heterocycles. The van der Waals surface area contributed by atoms with Crippen LogP contribution in [-0.2, 0) is 4.79 Å². The highest BCUT2D eigenvalue weighted by Crippen LogP contribution is 2.63. The van der Waals surface area contributed by atoms with E-state index in [1.54, 1.807) is 31.2 Å². The first-order chi connectivity index (χ1) is 9.80. The molecule has 0 aromatic heterocycles. The largest absolute Gasteiger partial charge is 0.494 e. The van der Waals surface area contributed by atoms with Crippen LogP contribution in [0.4, 0.5) is 0 Å². The number of carbonyl (C=O) groups is 2. The summed E-state index contributed by atoms with van der Waals surface area (Å²) in [4.78, 5) is 23.8. The number of nitrogens with one attached hydrogen (secondary N) is 2. The van der Waals surface area contributed by atoms with Crippen molar-refractivity contribution in [2.75, 3.05) is 6.61 Å². The van der Waals surface area contributed by atoms with Gasteiger partial charge in [0.05, 0.1) is 12.0 Å². The maximum absolute atomic E-state index is 11.9. The molecule has 1 aliphatic carbocycles. The zero-order valence-electron chi connectivity index (χ0n) is 11.7. The molecule has 0 aliphatic heterocycles. The minimum Gasteiger partial charge on any atom is -0.494 e. The zero-order valence-corrected chi connectivity index (χ0v) is 13.2. The first-order valence-corrected chi connectivity index (χ1v) is 7.27. The number of alkyl halides is 2. The molecule has 0 spiro atoms. The van der Waals surface area contributed by atoms with Gasteiger partial charge in [-0.15, -0.1) is 23.2 Å². The molecule has 1 aromatic rings. The second-order valence-corrected chi connectivity index (χ2v) is 6.56. The third kappa shape index (κ3) is 3.24. The molecule has 7 heteroatoms. The van der Waals surface area contributed by atoms with E-state index in [2.05, 4.69) is 10.9 Å². The maximum Gasteiger partial charge on any atom is 0.269 e. The summed E-state index contributed by atoms with van der Waals surface area (Å²) in [6, 6.07) is 6.59. The maximum atomic E-state index is 11.9. The average molecular weight is 331 g/mol. The fourth-order valence-electron chi connectivity index (χ4n) is 1.84. The number of amides is 2. The van der Waals surface area contributed by atoms with Crippen molar-refractivity contribution in [1.82, 2.24) is 10.9 Å². The van der Waals surface area contributed by atoms with E-state index in [0.717, 1.165) is 0 Å². The third-order valence-electron chi connectivity index (χ3n) is 3.48. The Bertz CT molecular complexity index is 560. The monoisotopic (exact) mass is 330 g/mol. The molecule has 1 atom stereocenters. The molecule has 1 aliphatic rings. The Morgan fingerprint density at radius 3 is 2.29 bits per heavy atom. The molecule has 0 bridgehead atoms. The molecule has 1 aromatic carbocycles. The molecule has 2 rings (SSSR count). The van der Waals surface area contributed by atoms with Gasteiger partial charge in [0.2, 0.25) is 5.91 Å². The van der Waals surface area contributed by atoms with E-state index in [1.807, 2.05) is 6.92 Å². The summed E-state index contributed by atoms with van der Waals surface area (Å²) >= 11 is 11.8. The summed E-state index contributed by atoms with van der Waals surface area (Å²) in [5.74, 6) is -0.158. The van der Waals surface area contributed by atoms with Crippen LogP contribution in [0.5, 0.6) is 5.75 Å². The van der Waals surface area contributed by atoms with Crippen molar-refractivity contribution in [2.45, 2.75) is 24.6 Å². The Balaban J connectivity index is 1.89. The van der Waals surface area contributed by atoms with Gasteiger partial charge in [-0.2, -0.15) is 0 Å². The van der Waals surface area contributed by atoms with Gasteiger partial charge in [-0.25, -0.2) is 0 Å². The molecule has 21 heavy (non-hydrogen) atoms. The lowest BCUT2D eigenvalue weighted by molar-refractivity contribution is -0.126. The highest BCUT2D eigenvalue weighted by atomic mass is 35.5. The minimum atomic E-state index is -1.07. The second-order valence-electron chi connectivity index (χ2n) is 5.08. The van der Waals surface area contributed by atoms with Gasteiger partial charge in [0.1, 0.15) is 10.1 Å². The Hall–Kier alpha value is -1.46. The van der Waals surface area contributed by atoms with Crippen molar-refractivity contribution in [3.05, 3.63) is 29.8 Å². The van der Waals surface area contributed by atoms with Gasteiger partial charge in [0.15, 0.2) is 0 Å². The Morgan fingerprint density at radius 1 is 1.24 bits per heavy atom. The second kappa shape index (κ2) is 5.73. The molecular weight excluding hydrogens is 315 g/mol. The lowest BCUT2D eigenvalue weighted by Gasteiger charge is -2.13. The van der Waals surface area contributed by atoms with Crippen LogP contribution in [0.25, 0.3) is 0 Å². The summed E-state index contributed by atoms with van der Waals surface area (Å²) in [6.45, 7) is 4.08. The van der Waals surface area contributed by atoms with E-state index in [4.69, 9.17) is 27.9 Å². The number of carbonyl (C=O) groups excluding carboxylic acids is 2. The Morgan fingerprint density at radius 2 is 1.81 bits per heavy atom. The van der Waals surface area contributed by atoms with Crippen molar-refractivity contribution in [3.63, 3.8) is 0 Å². The summed E-state index contributed by atoms with van der Waals surface area (Å²) < 4.78 is 4.22. The van der Waals surface area contributed by atoms with Crippen LogP contribution >= 0.6 is 23.2 Å². The van der Waals surface area contributed by atoms with E-state index in [0.29, 0.717) is 24.3 Å². The van der Waals surface area contributed by atoms with Crippen LogP contribution in [0, 0.1) is 5.41 Å². The van der Waals surface area contributed by atoms with Crippen molar-refractivity contribution < 1.29 is 14.3 Å². The van der Waals surface area contributed by atoms with Crippen molar-refractivity contribution in [1.29, 1.82) is 0 Å². The first kappa shape index (κ1) is 15.9. The molecule has 5 nitrogen and oxygen atoms in total. The highest BCUT2D eigenvalue weighted by Gasteiger charge is 2.68.